The van der Waals surface area contributed by atoms with Crippen molar-refractivity contribution < 1.29 is 9.26 Å². The summed E-state index contributed by atoms with van der Waals surface area (Å²) < 4.78 is 10.5. The Labute approximate surface area is 121 Å². The molecule has 0 N–H and O–H groups in total. The van der Waals surface area contributed by atoms with Crippen LogP contribution in [0.5, 0.6) is 5.75 Å². The summed E-state index contributed by atoms with van der Waals surface area (Å²) in [5.41, 5.74) is 1.67. The third-order valence-corrected chi connectivity index (χ3v) is 3.10. The van der Waals surface area contributed by atoms with Crippen LogP contribution in [0.1, 0.15) is 0 Å². The van der Waals surface area contributed by atoms with E-state index < -0.39 is 0 Å². The molecule has 3 aromatic rings. The molecule has 0 unspecified atom stereocenters. The van der Waals surface area contributed by atoms with Crippen molar-refractivity contribution in [3.05, 3.63) is 53.6 Å². The predicted molar refractivity (Wildman–Crippen MR) is 76.7 cm³/mol. The van der Waals surface area contributed by atoms with Crippen LogP contribution >= 0.6 is 11.6 Å². The molecule has 1 aromatic heterocycles. The standard InChI is InChI=1S/C15H11ClN2O2/c1-19-13-4-2-3-11(9-13)14-17-15(20-18-14)10-5-7-12(16)8-6-10/h2-9H,1H3. The molecule has 0 fully saturated rings. The SMILES string of the molecule is COc1cccc(-c2noc(-c3ccc(Cl)cc3)n2)c1. The van der Waals surface area contributed by atoms with Crippen LogP contribution < -0.4 is 4.74 Å². The Morgan fingerprint density at radius 2 is 1.85 bits per heavy atom. The van der Waals surface area contributed by atoms with E-state index in [0.717, 1.165) is 16.9 Å². The maximum Gasteiger partial charge on any atom is 0.258 e. The van der Waals surface area contributed by atoms with Crippen molar-refractivity contribution in [3.63, 3.8) is 0 Å². The largest absolute Gasteiger partial charge is 0.497 e. The third kappa shape index (κ3) is 2.51. The maximum absolute atomic E-state index is 5.85. The van der Waals surface area contributed by atoms with Gasteiger partial charge in [0, 0.05) is 16.1 Å². The van der Waals surface area contributed by atoms with E-state index in [2.05, 4.69) is 10.1 Å². The fraction of sp³-hybridized carbons (Fsp3) is 0.0667. The highest BCUT2D eigenvalue weighted by Gasteiger charge is 2.11. The van der Waals surface area contributed by atoms with E-state index in [4.69, 9.17) is 20.9 Å². The molecule has 2 aromatic carbocycles. The van der Waals surface area contributed by atoms with Gasteiger partial charge in [-0.05, 0) is 36.4 Å². The van der Waals surface area contributed by atoms with Gasteiger partial charge in [0.1, 0.15) is 5.75 Å². The van der Waals surface area contributed by atoms with E-state index in [1.54, 1.807) is 19.2 Å². The molecule has 0 aliphatic carbocycles. The van der Waals surface area contributed by atoms with E-state index in [9.17, 15) is 0 Å². The molecule has 3 rings (SSSR count). The van der Waals surface area contributed by atoms with Crippen LogP contribution in [0.2, 0.25) is 5.02 Å². The van der Waals surface area contributed by atoms with Crippen molar-refractivity contribution in [3.8, 4) is 28.6 Å². The molecule has 0 amide bonds. The minimum Gasteiger partial charge on any atom is -0.497 e. The van der Waals surface area contributed by atoms with Crippen LogP contribution in [-0.2, 0) is 0 Å². The van der Waals surface area contributed by atoms with Gasteiger partial charge in [-0.3, -0.25) is 0 Å². The zero-order valence-electron chi connectivity index (χ0n) is 10.7. The number of hydrogen-bond acceptors (Lipinski definition) is 4. The van der Waals surface area contributed by atoms with Gasteiger partial charge in [0.2, 0.25) is 5.82 Å². The lowest BCUT2D eigenvalue weighted by Gasteiger charge is -1.99. The molecular formula is C15H11ClN2O2. The first-order chi connectivity index (χ1) is 9.76. The average Bonchev–Trinajstić information content (AvgIpc) is 2.98. The number of hydrogen-bond donors (Lipinski definition) is 0. The average molecular weight is 287 g/mol. The first-order valence-corrected chi connectivity index (χ1v) is 6.38. The number of halogens is 1. The number of methoxy groups -OCH3 is 1. The number of benzene rings is 2. The molecule has 0 atom stereocenters. The summed E-state index contributed by atoms with van der Waals surface area (Å²) in [6.07, 6.45) is 0. The Hall–Kier alpha value is -2.33. The van der Waals surface area contributed by atoms with E-state index in [0.29, 0.717) is 16.7 Å². The molecule has 1 heterocycles. The van der Waals surface area contributed by atoms with Gasteiger partial charge >= 0.3 is 0 Å². The second-order valence-corrected chi connectivity index (χ2v) is 4.60. The van der Waals surface area contributed by atoms with E-state index >= 15 is 0 Å². The highest BCUT2D eigenvalue weighted by Crippen LogP contribution is 2.25. The monoisotopic (exact) mass is 286 g/mol. The molecule has 100 valence electrons. The molecule has 4 nitrogen and oxygen atoms in total. The van der Waals surface area contributed by atoms with Crippen LogP contribution in [0.15, 0.2) is 53.1 Å². The van der Waals surface area contributed by atoms with Gasteiger partial charge in [0.15, 0.2) is 0 Å². The summed E-state index contributed by atoms with van der Waals surface area (Å²) in [6.45, 7) is 0. The van der Waals surface area contributed by atoms with Gasteiger partial charge in [0.05, 0.1) is 7.11 Å². The quantitative estimate of drug-likeness (QED) is 0.728. The second-order valence-electron chi connectivity index (χ2n) is 4.16. The van der Waals surface area contributed by atoms with Crippen LogP contribution in [-0.4, -0.2) is 17.3 Å². The highest BCUT2D eigenvalue weighted by atomic mass is 35.5. The Balaban J connectivity index is 1.95. The minimum absolute atomic E-state index is 0.458. The number of ether oxygens (including phenoxy) is 1. The summed E-state index contributed by atoms with van der Waals surface area (Å²) in [5, 5.41) is 4.65. The summed E-state index contributed by atoms with van der Waals surface area (Å²) in [4.78, 5) is 4.38. The van der Waals surface area contributed by atoms with Gasteiger partial charge in [-0.2, -0.15) is 4.98 Å². The molecule has 0 saturated heterocycles. The smallest absolute Gasteiger partial charge is 0.258 e. The Bertz CT molecular complexity index is 723. The number of rotatable bonds is 3. The first kappa shape index (κ1) is 12.7. The second kappa shape index (κ2) is 5.35. The lowest BCUT2D eigenvalue weighted by atomic mass is 10.2. The maximum atomic E-state index is 5.85. The molecule has 0 saturated carbocycles. The van der Waals surface area contributed by atoms with Crippen molar-refractivity contribution in [1.29, 1.82) is 0 Å². The topological polar surface area (TPSA) is 48.2 Å². The van der Waals surface area contributed by atoms with E-state index in [-0.39, 0.29) is 0 Å². The van der Waals surface area contributed by atoms with Crippen molar-refractivity contribution in [1.82, 2.24) is 10.1 Å². The first-order valence-electron chi connectivity index (χ1n) is 6.00. The number of nitrogens with zero attached hydrogens (tertiary/aromatic N) is 2. The van der Waals surface area contributed by atoms with Crippen molar-refractivity contribution >= 4 is 11.6 Å². The van der Waals surface area contributed by atoms with E-state index in [1.807, 2.05) is 36.4 Å². The van der Waals surface area contributed by atoms with Crippen molar-refractivity contribution in [2.24, 2.45) is 0 Å². The lowest BCUT2D eigenvalue weighted by Crippen LogP contribution is -1.85. The Morgan fingerprint density at radius 1 is 1.05 bits per heavy atom. The molecule has 0 aliphatic rings. The van der Waals surface area contributed by atoms with Gasteiger partial charge in [-0.25, -0.2) is 0 Å². The van der Waals surface area contributed by atoms with Crippen LogP contribution in [0.25, 0.3) is 22.8 Å². The lowest BCUT2D eigenvalue weighted by molar-refractivity contribution is 0.414. The Morgan fingerprint density at radius 3 is 2.60 bits per heavy atom. The molecule has 0 bridgehead atoms. The molecule has 0 radical (unpaired) electrons. The zero-order valence-corrected chi connectivity index (χ0v) is 11.5. The molecule has 5 heteroatoms. The van der Waals surface area contributed by atoms with Gasteiger partial charge < -0.3 is 9.26 Å². The summed E-state index contributed by atoms with van der Waals surface area (Å²) in [7, 11) is 1.62. The van der Waals surface area contributed by atoms with Gasteiger partial charge in [-0.1, -0.05) is 28.9 Å². The van der Waals surface area contributed by atoms with Crippen LogP contribution in [0.4, 0.5) is 0 Å². The van der Waals surface area contributed by atoms with Gasteiger partial charge in [-0.15, -0.1) is 0 Å². The molecular weight excluding hydrogens is 276 g/mol. The van der Waals surface area contributed by atoms with E-state index in [1.165, 1.54) is 0 Å². The predicted octanol–water partition coefficient (Wildman–Crippen LogP) is 4.07. The molecule has 0 aliphatic heterocycles. The van der Waals surface area contributed by atoms with Crippen molar-refractivity contribution in [2.75, 3.05) is 7.11 Å². The summed E-state index contributed by atoms with van der Waals surface area (Å²) >= 11 is 5.85. The van der Waals surface area contributed by atoms with Crippen LogP contribution in [0, 0.1) is 0 Å². The summed E-state index contributed by atoms with van der Waals surface area (Å²) in [6, 6.07) is 14.8. The third-order valence-electron chi connectivity index (χ3n) is 2.85. The fourth-order valence-electron chi connectivity index (χ4n) is 1.81. The fourth-order valence-corrected chi connectivity index (χ4v) is 1.94. The van der Waals surface area contributed by atoms with Gasteiger partial charge in [0.25, 0.3) is 5.89 Å². The van der Waals surface area contributed by atoms with Crippen LogP contribution in [0.3, 0.4) is 0 Å². The number of aromatic nitrogens is 2. The Kier molecular flexibility index (Phi) is 3.39. The molecule has 20 heavy (non-hydrogen) atoms. The normalized spacial score (nSPS) is 10.5. The molecule has 0 spiro atoms. The highest BCUT2D eigenvalue weighted by molar-refractivity contribution is 6.30. The zero-order chi connectivity index (χ0) is 13.9. The van der Waals surface area contributed by atoms with Crippen molar-refractivity contribution in [2.45, 2.75) is 0 Å². The minimum atomic E-state index is 0.458. The summed E-state index contributed by atoms with van der Waals surface area (Å²) in [5.74, 6) is 1.73.